The van der Waals surface area contributed by atoms with Gasteiger partial charge in [0.1, 0.15) is 5.69 Å². The van der Waals surface area contributed by atoms with Crippen LogP contribution in [-0.2, 0) is 6.42 Å². The van der Waals surface area contributed by atoms with Crippen LogP contribution in [0.3, 0.4) is 0 Å². The molecule has 1 aromatic heterocycles. The Labute approximate surface area is 182 Å². The zero-order valence-electron chi connectivity index (χ0n) is 17.2. The Kier molecular flexibility index (Phi) is 7.63. The number of rotatable bonds is 6. The lowest BCUT2D eigenvalue weighted by Gasteiger charge is -2.07. The van der Waals surface area contributed by atoms with Gasteiger partial charge in [0.2, 0.25) is 0 Å². The van der Waals surface area contributed by atoms with Crippen molar-refractivity contribution in [2.24, 2.45) is 4.99 Å². The summed E-state index contributed by atoms with van der Waals surface area (Å²) in [6.07, 6.45) is 6.30. The predicted molar refractivity (Wildman–Crippen MR) is 125 cm³/mol. The van der Waals surface area contributed by atoms with Gasteiger partial charge in [0.05, 0.1) is 17.0 Å². The van der Waals surface area contributed by atoms with Gasteiger partial charge in [-0.1, -0.05) is 62.1 Å². The van der Waals surface area contributed by atoms with Gasteiger partial charge in [0.15, 0.2) is 5.82 Å². The number of hydrogen-bond donors (Lipinski definition) is 0. The van der Waals surface area contributed by atoms with Crippen LogP contribution in [0, 0.1) is 24.6 Å². The molecule has 0 saturated carbocycles. The summed E-state index contributed by atoms with van der Waals surface area (Å²) < 4.78 is 14.1. The van der Waals surface area contributed by atoms with Gasteiger partial charge in [-0.3, -0.25) is 0 Å². The van der Waals surface area contributed by atoms with E-state index >= 15 is 0 Å². The van der Waals surface area contributed by atoms with E-state index < -0.39 is 5.82 Å². The van der Waals surface area contributed by atoms with Crippen LogP contribution in [0.4, 0.5) is 10.1 Å². The van der Waals surface area contributed by atoms with Crippen molar-refractivity contribution in [3.05, 3.63) is 82.9 Å². The van der Waals surface area contributed by atoms with E-state index in [1.54, 1.807) is 0 Å². The van der Waals surface area contributed by atoms with E-state index in [1.807, 2.05) is 19.1 Å². The van der Waals surface area contributed by atoms with E-state index in [1.165, 1.54) is 42.7 Å². The molecule has 0 unspecified atom stereocenters. The van der Waals surface area contributed by atoms with E-state index in [0.29, 0.717) is 5.69 Å². The van der Waals surface area contributed by atoms with Gasteiger partial charge in [-0.25, -0.2) is 9.37 Å². The summed E-state index contributed by atoms with van der Waals surface area (Å²) in [6, 6.07) is 16.1. The number of unbranched alkanes of at least 4 members (excludes halogenated alkanes) is 2. The second kappa shape index (κ2) is 10.6. The Morgan fingerprint density at radius 1 is 1.00 bits per heavy atom. The standard InChI is InChI=1S/C26H23FN2S/c1-3-4-5-6-20-7-9-22(10-8-20)23-12-11-21(19(2)15-23)13-14-26-25(27)16-24(17-28-26)29-18-30/h7-12,15-17H,3-6H2,1-2H3. The second-order valence-electron chi connectivity index (χ2n) is 7.16. The van der Waals surface area contributed by atoms with Crippen molar-refractivity contribution in [1.29, 1.82) is 0 Å². The molecule has 0 aliphatic carbocycles. The molecule has 0 aliphatic rings. The second-order valence-corrected chi connectivity index (χ2v) is 7.34. The fourth-order valence-corrected chi connectivity index (χ4v) is 3.29. The van der Waals surface area contributed by atoms with E-state index in [9.17, 15) is 4.39 Å². The number of aryl methyl sites for hydroxylation is 2. The molecule has 2 aromatic carbocycles. The molecule has 0 atom stereocenters. The van der Waals surface area contributed by atoms with E-state index in [4.69, 9.17) is 0 Å². The van der Waals surface area contributed by atoms with Crippen molar-refractivity contribution in [3.63, 3.8) is 0 Å². The van der Waals surface area contributed by atoms with Crippen LogP contribution >= 0.6 is 12.2 Å². The number of isothiocyanates is 1. The molecule has 0 radical (unpaired) electrons. The van der Waals surface area contributed by atoms with E-state index in [-0.39, 0.29) is 5.69 Å². The SMILES string of the molecule is CCCCCc1ccc(-c2ccc(C#Cc3ncc(N=C=S)cc3F)c(C)c2)cc1. The van der Waals surface area contributed by atoms with Gasteiger partial charge in [0, 0.05) is 11.6 Å². The molecular formula is C26H23FN2S. The third kappa shape index (κ3) is 5.70. The van der Waals surface area contributed by atoms with Crippen molar-refractivity contribution < 1.29 is 4.39 Å². The van der Waals surface area contributed by atoms with Crippen molar-refractivity contribution in [2.45, 2.75) is 39.5 Å². The van der Waals surface area contributed by atoms with Gasteiger partial charge in [0.25, 0.3) is 0 Å². The summed E-state index contributed by atoms with van der Waals surface area (Å²) in [5.74, 6) is 5.30. The first-order valence-electron chi connectivity index (χ1n) is 10.1. The summed E-state index contributed by atoms with van der Waals surface area (Å²) in [4.78, 5) is 7.73. The lowest BCUT2D eigenvalue weighted by molar-refractivity contribution is 0.617. The number of benzene rings is 2. The summed E-state index contributed by atoms with van der Waals surface area (Å²) in [5, 5.41) is 2.19. The van der Waals surface area contributed by atoms with Gasteiger partial charge < -0.3 is 0 Å². The van der Waals surface area contributed by atoms with Crippen molar-refractivity contribution >= 4 is 23.1 Å². The molecule has 0 amide bonds. The highest BCUT2D eigenvalue weighted by Crippen LogP contribution is 2.23. The largest absolute Gasteiger partial charge is 0.242 e. The van der Waals surface area contributed by atoms with Crippen LogP contribution in [0.15, 0.2) is 59.7 Å². The first kappa shape index (κ1) is 21.6. The average molecular weight is 415 g/mol. The molecule has 3 aromatic rings. The Balaban J connectivity index is 1.76. The minimum atomic E-state index is -0.526. The van der Waals surface area contributed by atoms with Crippen LogP contribution in [0.1, 0.15) is 48.6 Å². The number of halogens is 1. The molecule has 0 fully saturated rings. The summed E-state index contributed by atoms with van der Waals surface area (Å²) >= 11 is 4.52. The summed E-state index contributed by atoms with van der Waals surface area (Å²) in [5.41, 5.74) is 5.99. The third-order valence-corrected chi connectivity index (χ3v) is 4.99. The molecule has 150 valence electrons. The lowest BCUT2D eigenvalue weighted by Crippen LogP contribution is -1.90. The molecule has 2 nitrogen and oxygen atoms in total. The predicted octanol–water partition coefficient (Wildman–Crippen LogP) is 7.06. The number of nitrogens with zero attached hydrogens (tertiary/aromatic N) is 2. The van der Waals surface area contributed by atoms with Gasteiger partial charge in [-0.05, 0) is 66.2 Å². The van der Waals surface area contributed by atoms with Crippen molar-refractivity contribution in [3.8, 4) is 23.0 Å². The minimum Gasteiger partial charge on any atom is -0.242 e. The highest BCUT2D eigenvalue weighted by Gasteiger charge is 2.04. The molecule has 0 saturated heterocycles. The Hall–Kier alpha value is -3.12. The maximum Gasteiger partial charge on any atom is 0.159 e. The Morgan fingerprint density at radius 2 is 1.77 bits per heavy atom. The molecule has 30 heavy (non-hydrogen) atoms. The maximum absolute atomic E-state index is 14.1. The monoisotopic (exact) mass is 414 g/mol. The zero-order chi connectivity index (χ0) is 21.3. The number of aromatic nitrogens is 1. The molecule has 1 heterocycles. The molecular weight excluding hydrogens is 391 g/mol. The first-order chi connectivity index (χ1) is 14.6. The smallest absolute Gasteiger partial charge is 0.159 e. The first-order valence-corrected chi connectivity index (χ1v) is 10.5. The molecule has 0 bridgehead atoms. The normalized spacial score (nSPS) is 10.1. The number of pyridine rings is 1. The summed E-state index contributed by atoms with van der Waals surface area (Å²) in [7, 11) is 0. The topological polar surface area (TPSA) is 25.2 Å². The highest BCUT2D eigenvalue weighted by molar-refractivity contribution is 7.78. The zero-order valence-corrected chi connectivity index (χ0v) is 18.0. The summed E-state index contributed by atoms with van der Waals surface area (Å²) in [6.45, 7) is 4.23. The van der Waals surface area contributed by atoms with Crippen LogP contribution in [0.25, 0.3) is 11.1 Å². The van der Waals surface area contributed by atoms with E-state index in [2.05, 4.69) is 76.5 Å². The molecule has 3 rings (SSSR count). The van der Waals surface area contributed by atoms with Crippen molar-refractivity contribution in [2.75, 3.05) is 0 Å². The number of thiocarbonyl (C=S) groups is 1. The third-order valence-electron chi connectivity index (χ3n) is 4.90. The average Bonchev–Trinajstić information content (AvgIpc) is 2.75. The van der Waals surface area contributed by atoms with Gasteiger partial charge in [-0.15, -0.1) is 0 Å². The van der Waals surface area contributed by atoms with Crippen molar-refractivity contribution in [1.82, 2.24) is 4.98 Å². The van der Waals surface area contributed by atoms with Crippen LogP contribution in [-0.4, -0.2) is 10.1 Å². The number of aliphatic imine (C=N–C) groups is 1. The lowest BCUT2D eigenvalue weighted by atomic mass is 9.98. The van der Waals surface area contributed by atoms with Crippen LogP contribution < -0.4 is 0 Å². The van der Waals surface area contributed by atoms with Crippen LogP contribution in [0.2, 0.25) is 0 Å². The van der Waals surface area contributed by atoms with Gasteiger partial charge >= 0.3 is 0 Å². The fraction of sp³-hybridized carbons (Fsp3) is 0.231. The van der Waals surface area contributed by atoms with Gasteiger partial charge in [-0.2, -0.15) is 4.99 Å². The quantitative estimate of drug-likeness (QED) is 0.187. The number of hydrogen-bond acceptors (Lipinski definition) is 3. The minimum absolute atomic E-state index is 0.0838. The van der Waals surface area contributed by atoms with Crippen LogP contribution in [0.5, 0.6) is 0 Å². The fourth-order valence-electron chi connectivity index (χ4n) is 3.19. The Bertz CT molecular complexity index is 1130. The maximum atomic E-state index is 14.1. The molecule has 4 heteroatoms. The van der Waals surface area contributed by atoms with E-state index in [0.717, 1.165) is 23.1 Å². The highest BCUT2D eigenvalue weighted by atomic mass is 32.1. The molecule has 0 spiro atoms. The Morgan fingerprint density at radius 3 is 2.43 bits per heavy atom. The molecule has 0 aliphatic heterocycles. The molecule has 0 N–H and O–H groups in total.